The number of carbonyl (C=O) groups is 2. The molecule has 0 spiro atoms. The fraction of sp³-hybridized carbons (Fsp3) is 0.308. The number of aromatic nitrogens is 1. The van der Waals surface area contributed by atoms with Crippen molar-refractivity contribution in [2.75, 3.05) is 13.6 Å². The lowest BCUT2D eigenvalue weighted by Gasteiger charge is -2.14. The van der Waals surface area contributed by atoms with Crippen LogP contribution in [-0.2, 0) is 4.79 Å². The van der Waals surface area contributed by atoms with Crippen LogP contribution < -0.4 is 0 Å². The average molecular weight is 294 g/mol. The molecule has 0 fully saturated rings. The van der Waals surface area contributed by atoms with Crippen LogP contribution >= 0.6 is 11.3 Å². The highest BCUT2D eigenvalue weighted by atomic mass is 32.1. The zero-order valence-corrected chi connectivity index (χ0v) is 11.7. The lowest BCUT2D eigenvalue weighted by molar-refractivity contribution is -0.137. The summed E-state index contributed by atoms with van der Waals surface area (Å²) in [6.45, 7) is 0.402. The highest BCUT2D eigenvalue weighted by Crippen LogP contribution is 2.26. The van der Waals surface area contributed by atoms with Gasteiger partial charge in [0.25, 0.3) is 5.91 Å². The monoisotopic (exact) mass is 294 g/mol. The summed E-state index contributed by atoms with van der Waals surface area (Å²) in [7, 11) is 1.65. The van der Waals surface area contributed by atoms with Gasteiger partial charge in [0, 0.05) is 20.0 Å². The van der Waals surface area contributed by atoms with Crippen molar-refractivity contribution in [3.63, 3.8) is 0 Å². The Hall–Kier alpha value is -2.15. The van der Waals surface area contributed by atoms with E-state index in [1.165, 1.54) is 22.4 Å². The van der Waals surface area contributed by atoms with E-state index in [1.807, 2.05) is 0 Å². The smallest absolute Gasteiger partial charge is 0.303 e. The fourth-order valence-corrected chi connectivity index (χ4v) is 2.52. The van der Waals surface area contributed by atoms with Crippen molar-refractivity contribution in [2.45, 2.75) is 12.8 Å². The Balaban J connectivity index is 1.97. The topological polar surface area (TPSA) is 83.6 Å². The van der Waals surface area contributed by atoms with E-state index in [9.17, 15) is 9.59 Å². The molecular formula is C13H14N2O4S. The Bertz CT molecular complexity index is 591. The van der Waals surface area contributed by atoms with E-state index >= 15 is 0 Å². The summed E-state index contributed by atoms with van der Waals surface area (Å²) in [6, 6.07) is 3.54. The first-order valence-corrected chi connectivity index (χ1v) is 6.86. The number of amides is 1. The third-order valence-electron chi connectivity index (χ3n) is 2.68. The number of thiazole rings is 1. The lowest BCUT2D eigenvalue weighted by atomic mass is 10.3. The first-order chi connectivity index (χ1) is 9.58. The lowest BCUT2D eigenvalue weighted by Crippen LogP contribution is -2.27. The average Bonchev–Trinajstić information content (AvgIpc) is 3.07. The van der Waals surface area contributed by atoms with Crippen LogP contribution in [0.15, 0.2) is 29.0 Å². The quantitative estimate of drug-likeness (QED) is 0.884. The van der Waals surface area contributed by atoms with Gasteiger partial charge in [-0.1, -0.05) is 0 Å². The molecule has 2 aromatic rings. The first kappa shape index (κ1) is 14.3. The van der Waals surface area contributed by atoms with E-state index < -0.39 is 5.97 Å². The van der Waals surface area contributed by atoms with E-state index in [4.69, 9.17) is 9.52 Å². The van der Waals surface area contributed by atoms with Gasteiger partial charge in [-0.3, -0.25) is 9.59 Å². The molecule has 2 rings (SSSR count). The number of rotatable bonds is 6. The Morgan fingerprint density at radius 1 is 1.50 bits per heavy atom. The minimum atomic E-state index is -0.858. The molecule has 0 radical (unpaired) electrons. The van der Waals surface area contributed by atoms with Crippen molar-refractivity contribution >= 4 is 23.2 Å². The predicted octanol–water partition coefficient (Wildman–Crippen LogP) is 2.34. The van der Waals surface area contributed by atoms with E-state index in [1.54, 1.807) is 25.4 Å². The van der Waals surface area contributed by atoms with Gasteiger partial charge in [-0.25, -0.2) is 4.98 Å². The fourth-order valence-electron chi connectivity index (χ4n) is 1.64. The molecule has 0 saturated carbocycles. The molecule has 1 N–H and O–H groups in total. The van der Waals surface area contributed by atoms with Crippen LogP contribution in [0.5, 0.6) is 0 Å². The SMILES string of the molecule is CN(CCCC(=O)O)C(=O)c1cnc(-c2ccco2)s1. The van der Waals surface area contributed by atoms with Crippen molar-refractivity contribution in [1.29, 1.82) is 0 Å². The number of carboxylic acid groups (broad SMARTS) is 1. The van der Waals surface area contributed by atoms with Crippen LogP contribution in [0.2, 0.25) is 0 Å². The van der Waals surface area contributed by atoms with E-state index in [0.717, 1.165) is 0 Å². The van der Waals surface area contributed by atoms with E-state index in [-0.39, 0.29) is 12.3 Å². The second kappa shape index (κ2) is 6.33. The van der Waals surface area contributed by atoms with E-state index in [2.05, 4.69) is 4.98 Å². The molecule has 0 saturated heterocycles. The minimum Gasteiger partial charge on any atom is -0.481 e. The number of furan rings is 1. The first-order valence-electron chi connectivity index (χ1n) is 6.05. The van der Waals surface area contributed by atoms with Crippen molar-refractivity contribution in [3.8, 4) is 10.8 Å². The predicted molar refractivity (Wildman–Crippen MR) is 73.6 cm³/mol. The molecule has 20 heavy (non-hydrogen) atoms. The standard InChI is InChI=1S/C13H14N2O4S/c1-15(6-2-5-11(16)17)13(18)10-8-14-12(20-10)9-4-3-7-19-9/h3-4,7-8H,2,5-6H2,1H3,(H,16,17). The Labute approximate surface area is 119 Å². The molecule has 0 atom stereocenters. The van der Waals surface area contributed by atoms with Crippen molar-refractivity contribution in [1.82, 2.24) is 9.88 Å². The number of carbonyl (C=O) groups excluding carboxylic acids is 1. The molecule has 0 aliphatic carbocycles. The minimum absolute atomic E-state index is 0.0535. The summed E-state index contributed by atoms with van der Waals surface area (Å²) < 4.78 is 5.22. The highest BCUT2D eigenvalue weighted by molar-refractivity contribution is 7.16. The molecule has 106 valence electrons. The molecule has 0 aliphatic heterocycles. The molecule has 0 aromatic carbocycles. The number of nitrogens with zero attached hydrogens (tertiary/aromatic N) is 2. The maximum Gasteiger partial charge on any atom is 0.303 e. The van der Waals surface area contributed by atoms with Gasteiger partial charge in [0.2, 0.25) is 0 Å². The van der Waals surface area contributed by atoms with Crippen molar-refractivity contribution < 1.29 is 19.1 Å². The second-order valence-corrected chi connectivity index (χ2v) is 5.26. The van der Waals surface area contributed by atoms with Crippen molar-refractivity contribution in [3.05, 3.63) is 29.5 Å². The van der Waals surface area contributed by atoms with Gasteiger partial charge in [-0.05, 0) is 18.6 Å². The third-order valence-corrected chi connectivity index (χ3v) is 3.68. The molecule has 6 nitrogen and oxygen atoms in total. The summed E-state index contributed by atoms with van der Waals surface area (Å²) in [5, 5.41) is 9.22. The number of aliphatic carboxylic acids is 1. The van der Waals surface area contributed by atoms with Crippen LogP contribution in [0.3, 0.4) is 0 Å². The van der Waals surface area contributed by atoms with Crippen LogP contribution in [-0.4, -0.2) is 40.5 Å². The van der Waals surface area contributed by atoms with Gasteiger partial charge < -0.3 is 14.4 Å². The molecule has 0 aliphatic rings. The van der Waals surface area contributed by atoms with Crippen LogP contribution in [0.4, 0.5) is 0 Å². The zero-order valence-electron chi connectivity index (χ0n) is 10.9. The third kappa shape index (κ3) is 3.45. The van der Waals surface area contributed by atoms with Gasteiger partial charge in [0.05, 0.1) is 12.5 Å². The Morgan fingerprint density at radius 3 is 2.95 bits per heavy atom. The Morgan fingerprint density at radius 2 is 2.30 bits per heavy atom. The molecule has 0 unspecified atom stereocenters. The number of carboxylic acids is 1. The van der Waals surface area contributed by atoms with Gasteiger partial charge in [0.1, 0.15) is 4.88 Å². The summed E-state index contributed by atoms with van der Waals surface area (Å²) in [5.74, 6) is -0.392. The largest absolute Gasteiger partial charge is 0.481 e. The summed E-state index contributed by atoms with van der Waals surface area (Å²) in [4.78, 5) is 28.7. The number of hydrogen-bond acceptors (Lipinski definition) is 5. The molecular weight excluding hydrogens is 280 g/mol. The molecule has 7 heteroatoms. The second-order valence-electron chi connectivity index (χ2n) is 4.23. The van der Waals surface area contributed by atoms with Crippen LogP contribution in [0.25, 0.3) is 10.8 Å². The molecule has 2 aromatic heterocycles. The summed E-state index contributed by atoms with van der Waals surface area (Å²) in [5.41, 5.74) is 0. The number of hydrogen-bond donors (Lipinski definition) is 1. The zero-order chi connectivity index (χ0) is 14.5. The van der Waals surface area contributed by atoms with Gasteiger partial charge in [-0.15, -0.1) is 11.3 Å². The van der Waals surface area contributed by atoms with Crippen LogP contribution in [0, 0.1) is 0 Å². The van der Waals surface area contributed by atoms with Gasteiger partial charge in [0.15, 0.2) is 10.8 Å². The summed E-state index contributed by atoms with van der Waals surface area (Å²) in [6.07, 6.45) is 3.55. The van der Waals surface area contributed by atoms with Crippen LogP contribution in [0.1, 0.15) is 22.5 Å². The highest BCUT2D eigenvalue weighted by Gasteiger charge is 2.16. The molecule has 2 heterocycles. The van der Waals surface area contributed by atoms with Gasteiger partial charge >= 0.3 is 5.97 Å². The summed E-state index contributed by atoms with van der Waals surface area (Å²) >= 11 is 1.25. The maximum absolute atomic E-state index is 12.1. The maximum atomic E-state index is 12.1. The van der Waals surface area contributed by atoms with E-state index in [0.29, 0.717) is 28.6 Å². The van der Waals surface area contributed by atoms with Gasteiger partial charge in [-0.2, -0.15) is 0 Å². The Kier molecular flexibility index (Phi) is 4.52. The van der Waals surface area contributed by atoms with Crippen molar-refractivity contribution in [2.24, 2.45) is 0 Å². The molecule has 1 amide bonds. The normalized spacial score (nSPS) is 10.4. The molecule has 0 bridgehead atoms.